The molecule has 92 heavy (non-hydrogen) atoms. The van der Waals surface area contributed by atoms with Gasteiger partial charge in [0.05, 0.1) is 11.4 Å². The molecule has 0 spiro atoms. The Balaban J connectivity index is 0.835. The molecule has 4 heterocycles. The molecule has 8 heteroatoms. The summed E-state index contributed by atoms with van der Waals surface area (Å²) in [5.41, 5.74) is 29.8. The molecule has 0 amide bonds. The summed E-state index contributed by atoms with van der Waals surface area (Å²) in [4.78, 5) is 9.73. The highest BCUT2D eigenvalue weighted by atomic mass is 16.5. The van der Waals surface area contributed by atoms with E-state index in [1.54, 1.807) is 0 Å². The van der Waals surface area contributed by atoms with E-state index in [2.05, 4.69) is 338 Å². The van der Waals surface area contributed by atoms with Crippen LogP contribution in [0.3, 0.4) is 0 Å². The zero-order valence-electron chi connectivity index (χ0n) is 51.5. The van der Waals surface area contributed by atoms with Gasteiger partial charge in [-0.05, 0) is 174 Å². The van der Waals surface area contributed by atoms with Crippen LogP contribution >= 0.6 is 0 Å². The number of anilines is 12. The summed E-state index contributed by atoms with van der Waals surface area (Å²) >= 11 is 0. The Morgan fingerprint density at radius 3 is 1.02 bits per heavy atom. The maximum absolute atomic E-state index is 7.64. The van der Waals surface area contributed by atoms with Crippen LogP contribution in [0.25, 0.3) is 22.3 Å². The minimum atomic E-state index is -0.204. The summed E-state index contributed by atoms with van der Waals surface area (Å²) in [5, 5.41) is 0. The third kappa shape index (κ3) is 7.58. The van der Waals surface area contributed by atoms with Crippen LogP contribution in [-0.2, 0) is 10.8 Å². The minimum Gasteiger partial charge on any atom is -0.458 e. The second kappa shape index (κ2) is 19.6. The topological polar surface area (TPSA) is 31.4 Å². The predicted octanol–water partition coefficient (Wildman–Crippen LogP) is 18.0. The maximum atomic E-state index is 7.64. The lowest BCUT2D eigenvalue weighted by Crippen LogP contribution is -2.63. The summed E-state index contributed by atoms with van der Waals surface area (Å²) in [6, 6.07) is 107. The van der Waals surface area contributed by atoms with Gasteiger partial charge in [-0.1, -0.05) is 204 Å². The Morgan fingerprint density at radius 1 is 0.272 bits per heavy atom. The predicted molar refractivity (Wildman–Crippen MR) is 383 cm³/mol. The van der Waals surface area contributed by atoms with Crippen molar-refractivity contribution in [2.45, 2.75) is 38.5 Å². The van der Waals surface area contributed by atoms with E-state index in [-0.39, 0.29) is 24.3 Å². The van der Waals surface area contributed by atoms with Crippen LogP contribution in [0.4, 0.5) is 68.2 Å². The van der Waals surface area contributed by atoms with Gasteiger partial charge >= 0.3 is 0 Å². The van der Waals surface area contributed by atoms with E-state index in [0.717, 1.165) is 113 Å². The third-order valence-corrected chi connectivity index (χ3v) is 20.7. The van der Waals surface area contributed by atoms with E-state index in [9.17, 15) is 0 Å². The van der Waals surface area contributed by atoms with Gasteiger partial charge in [0.25, 0.3) is 13.4 Å². The molecule has 0 bridgehead atoms. The summed E-state index contributed by atoms with van der Waals surface area (Å²) in [5.74, 6) is 3.17. The molecule has 19 rings (SSSR count). The van der Waals surface area contributed by atoms with E-state index in [1.165, 1.54) is 55.4 Å². The smallest absolute Gasteiger partial charge is 0.256 e. The highest BCUT2D eigenvalue weighted by Gasteiger charge is 2.48. The standard InChI is InChI=1S/C84H60B2N4O2/c1-83(2)65-35-19-17-33-61(65)63-43-41-57(45-67(63)83)89-73-39-23-21-37-69(73)85-71-51-72-78(52-77(71)91-79-49-59(47-75(89)81(79)85)87(53-25-9-5-10-26-53)54-27-11-6-12-28-54)92-80-50-60(88(55-29-13-7-14-30-55)56-31-15-8-16-32-56)48-76-82(80)86(72)70-38-22-24-40-74(70)90(76)58-42-44-64-62-34-18-20-36-66(62)84(3,4)68(64)46-58/h5-52H,1-4H3. The van der Waals surface area contributed by atoms with Crippen molar-refractivity contribution in [2.75, 3.05) is 19.6 Å². The van der Waals surface area contributed by atoms with Crippen molar-refractivity contribution in [3.8, 4) is 45.3 Å². The lowest BCUT2D eigenvalue weighted by Gasteiger charge is -2.43. The monoisotopic (exact) mass is 1180 g/mol. The first-order valence-electron chi connectivity index (χ1n) is 32.1. The number of nitrogens with zero attached hydrogens (tertiary/aromatic N) is 4. The highest BCUT2D eigenvalue weighted by molar-refractivity contribution is 7.02. The largest absolute Gasteiger partial charge is 0.458 e. The number of fused-ring (bicyclic) bond motifs is 14. The number of benzene rings is 13. The molecule has 4 aliphatic heterocycles. The zero-order valence-corrected chi connectivity index (χ0v) is 51.5. The van der Waals surface area contributed by atoms with Gasteiger partial charge in [0.2, 0.25) is 0 Å². The minimum absolute atomic E-state index is 0.199. The van der Waals surface area contributed by atoms with Crippen LogP contribution in [0.5, 0.6) is 23.0 Å². The lowest BCUT2D eigenvalue weighted by molar-refractivity contribution is 0.466. The van der Waals surface area contributed by atoms with Crippen molar-refractivity contribution < 1.29 is 9.47 Å². The first-order chi connectivity index (χ1) is 45.2. The van der Waals surface area contributed by atoms with Gasteiger partial charge in [0, 0.05) is 85.9 Å². The number of hydrogen-bond acceptors (Lipinski definition) is 6. The van der Waals surface area contributed by atoms with E-state index in [0.29, 0.717) is 0 Å². The summed E-state index contributed by atoms with van der Waals surface area (Å²) in [6.07, 6.45) is 0. The van der Waals surface area contributed by atoms with Gasteiger partial charge in [-0.2, -0.15) is 0 Å². The quantitative estimate of drug-likeness (QED) is 0.141. The highest BCUT2D eigenvalue weighted by Crippen LogP contribution is 2.55. The van der Waals surface area contributed by atoms with Crippen LogP contribution in [0.2, 0.25) is 0 Å². The van der Waals surface area contributed by atoms with Gasteiger partial charge in [-0.3, -0.25) is 0 Å². The van der Waals surface area contributed by atoms with Crippen LogP contribution in [0.15, 0.2) is 291 Å². The fourth-order valence-corrected chi connectivity index (χ4v) is 16.5. The molecule has 6 aliphatic rings. The van der Waals surface area contributed by atoms with Gasteiger partial charge in [0.1, 0.15) is 23.0 Å². The molecule has 13 aromatic carbocycles. The Hall–Kier alpha value is -11.2. The van der Waals surface area contributed by atoms with Crippen molar-refractivity contribution in [3.63, 3.8) is 0 Å². The molecule has 0 radical (unpaired) electrons. The van der Waals surface area contributed by atoms with Crippen molar-refractivity contribution in [3.05, 3.63) is 313 Å². The Labute approximate surface area is 537 Å². The number of ether oxygens (including phenoxy) is 2. The summed E-state index contributed by atoms with van der Waals surface area (Å²) in [7, 11) is 0. The Morgan fingerprint density at radius 2 is 0.620 bits per heavy atom. The third-order valence-electron chi connectivity index (χ3n) is 20.7. The van der Waals surface area contributed by atoms with Crippen molar-refractivity contribution in [1.29, 1.82) is 0 Å². The molecule has 2 aliphatic carbocycles. The van der Waals surface area contributed by atoms with Gasteiger partial charge in [0.15, 0.2) is 0 Å². The Kier molecular flexibility index (Phi) is 11.3. The molecule has 434 valence electrons. The summed E-state index contributed by atoms with van der Waals surface area (Å²) < 4.78 is 15.3. The first-order valence-corrected chi connectivity index (χ1v) is 32.1. The molecule has 0 N–H and O–H groups in total. The van der Waals surface area contributed by atoms with Crippen molar-refractivity contribution >= 4 is 114 Å². The average molecular weight is 1180 g/mol. The van der Waals surface area contributed by atoms with Crippen LogP contribution < -0.4 is 61.9 Å². The second-order valence-corrected chi connectivity index (χ2v) is 26.4. The number of para-hydroxylation sites is 6. The van der Waals surface area contributed by atoms with Crippen molar-refractivity contribution in [1.82, 2.24) is 0 Å². The van der Waals surface area contributed by atoms with Crippen LogP contribution in [0.1, 0.15) is 49.9 Å². The second-order valence-electron chi connectivity index (χ2n) is 26.4. The normalized spacial score (nSPS) is 14.6. The SMILES string of the molecule is CC1(C)c2ccccc2-c2ccc(N3c4ccccc4B4c5cc6c(cc5Oc5cc(N(c7ccccc7)c7ccccc7)cc3c54)Oc3cc(N(c4ccccc4)c4ccccc4)cc4c3B6c3ccccc3N4c3ccc4c(c3)C(C)(C)c3ccccc3-4)cc21. The van der Waals surface area contributed by atoms with Gasteiger partial charge in [-0.15, -0.1) is 0 Å². The molecule has 0 fully saturated rings. The number of rotatable bonds is 8. The van der Waals surface area contributed by atoms with Gasteiger partial charge < -0.3 is 29.1 Å². The molecule has 0 saturated carbocycles. The molecule has 0 aromatic heterocycles. The van der Waals surface area contributed by atoms with Crippen LogP contribution in [-0.4, -0.2) is 13.4 Å². The van der Waals surface area contributed by atoms with E-state index < -0.39 is 0 Å². The maximum Gasteiger partial charge on any atom is 0.256 e. The van der Waals surface area contributed by atoms with Crippen molar-refractivity contribution in [2.24, 2.45) is 0 Å². The lowest BCUT2D eigenvalue weighted by atomic mass is 9.31. The molecule has 6 nitrogen and oxygen atoms in total. The van der Waals surface area contributed by atoms with Gasteiger partial charge in [-0.25, -0.2) is 0 Å². The molecule has 0 unspecified atom stereocenters. The fourth-order valence-electron chi connectivity index (χ4n) is 16.5. The summed E-state index contributed by atoms with van der Waals surface area (Å²) in [6.45, 7) is 9.09. The van der Waals surface area contributed by atoms with E-state index in [4.69, 9.17) is 9.47 Å². The molecule has 0 saturated heterocycles. The van der Waals surface area contributed by atoms with E-state index >= 15 is 0 Å². The number of hydrogen-bond donors (Lipinski definition) is 0. The molecule has 0 atom stereocenters. The molecule has 13 aromatic rings. The average Bonchev–Trinajstić information content (AvgIpc) is 0.890. The molecular formula is C84H60B2N4O2. The zero-order chi connectivity index (χ0) is 61.1. The van der Waals surface area contributed by atoms with Crippen LogP contribution in [0, 0.1) is 0 Å². The first kappa shape index (κ1) is 52.7. The fraction of sp³-hybridized carbons (Fsp3) is 0.0714. The molecular weight excluding hydrogens is 1120 g/mol. The van der Waals surface area contributed by atoms with E-state index in [1.807, 2.05) is 0 Å². The Bertz CT molecular complexity index is 4830.